The molecule has 0 atom stereocenters. The molecular weight excluding hydrogens is 163 g/mol. The second kappa shape index (κ2) is 2.69. The van der Waals surface area contributed by atoms with E-state index in [0.29, 0.717) is 0 Å². The summed E-state index contributed by atoms with van der Waals surface area (Å²) in [7, 11) is 1.92. The highest BCUT2D eigenvalue weighted by atomic mass is 15.2. The first-order valence-electron chi connectivity index (χ1n) is 4.00. The van der Waals surface area contributed by atoms with E-state index in [4.69, 9.17) is 0 Å². The van der Waals surface area contributed by atoms with E-state index in [1.165, 1.54) is 0 Å². The maximum absolute atomic E-state index is 4.36. The second-order valence-corrected chi connectivity index (χ2v) is 2.93. The molecule has 13 heavy (non-hydrogen) atoms. The van der Waals surface area contributed by atoms with E-state index in [0.717, 1.165) is 22.9 Å². The fourth-order valence-corrected chi connectivity index (χ4v) is 1.22. The Hall–Kier alpha value is -1.65. The maximum Gasteiger partial charge on any atom is 0.225 e. The number of nitrogens with zero attached hydrogens (tertiary/aromatic N) is 4. The number of amidine groups is 1. The van der Waals surface area contributed by atoms with Crippen molar-refractivity contribution in [3.63, 3.8) is 0 Å². The van der Waals surface area contributed by atoms with Gasteiger partial charge in [0.25, 0.3) is 0 Å². The summed E-state index contributed by atoms with van der Waals surface area (Å²) in [6, 6.07) is 1.84. The number of aromatic nitrogens is 2. The fraction of sp³-hybridized carbons (Fsp3) is 0.125. The molecule has 2 rings (SSSR count). The summed E-state index contributed by atoms with van der Waals surface area (Å²) in [5.41, 5.74) is 2.45. The number of hydrogen-bond donors (Lipinski definition) is 0. The number of fused-ring (bicyclic) bond motifs is 1. The van der Waals surface area contributed by atoms with Crippen LogP contribution in [0.3, 0.4) is 0 Å². The molecule has 1 aliphatic rings. The monoisotopic (exact) mass is 172 g/mol. The van der Waals surface area contributed by atoms with Crippen molar-refractivity contribution in [2.24, 2.45) is 4.99 Å². The Kier molecular flexibility index (Phi) is 1.65. The lowest BCUT2D eigenvalue weighted by Crippen LogP contribution is -2.26. The average Bonchev–Trinajstić information content (AvgIpc) is 2.15. The van der Waals surface area contributed by atoms with Gasteiger partial charge in [-0.1, -0.05) is 6.58 Å². The molecule has 0 N–H and O–H groups in total. The van der Waals surface area contributed by atoms with Crippen LogP contribution in [0.1, 0.15) is 12.6 Å². The molecule has 0 spiro atoms. The first kappa shape index (κ1) is 7.98. The Morgan fingerprint density at radius 2 is 2.31 bits per heavy atom. The molecule has 1 aliphatic heterocycles. The van der Waals surface area contributed by atoms with Crippen molar-refractivity contribution in [2.75, 3.05) is 0 Å². The van der Waals surface area contributed by atoms with Crippen molar-refractivity contribution in [2.45, 2.75) is 6.92 Å². The highest BCUT2D eigenvalue weighted by Gasteiger charge is 2.18. The third-order valence-electron chi connectivity index (χ3n) is 2.15. The minimum Gasteiger partial charge on any atom is -0.381 e. The third kappa shape index (κ3) is 1.12. The van der Waals surface area contributed by atoms with Crippen molar-refractivity contribution in [3.8, 4) is 0 Å². The van der Waals surface area contributed by atoms with E-state index in [1.54, 1.807) is 6.20 Å². The summed E-state index contributed by atoms with van der Waals surface area (Å²) in [5, 5.41) is 7.79. The van der Waals surface area contributed by atoms with Crippen molar-refractivity contribution in [1.82, 2.24) is 15.0 Å². The van der Waals surface area contributed by atoms with E-state index in [1.807, 2.05) is 25.8 Å². The SMILES string of the molecule is BN1C(=C)c2nnccc2N=C1C. The smallest absolute Gasteiger partial charge is 0.225 e. The Balaban J connectivity index is 2.63. The summed E-state index contributed by atoms with van der Waals surface area (Å²) in [4.78, 5) is 6.26. The van der Waals surface area contributed by atoms with Gasteiger partial charge in [-0.2, -0.15) is 5.10 Å². The van der Waals surface area contributed by atoms with Crippen molar-refractivity contribution >= 4 is 25.2 Å². The lowest BCUT2D eigenvalue weighted by Gasteiger charge is -2.25. The van der Waals surface area contributed by atoms with Gasteiger partial charge in [0.2, 0.25) is 7.98 Å². The standard InChI is InChI=1S/C8H9BN4/c1-5-8-7(3-4-10-12-8)11-6(2)13(5)9/h3-4H,1,9H2,2H3. The zero-order chi connectivity index (χ0) is 9.42. The van der Waals surface area contributed by atoms with E-state index in [2.05, 4.69) is 21.8 Å². The fourth-order valence-electron chi connectivity index (χ4n) is 1.22. The molecule has 0 bridgehead atoms. The van der Waals surface area contributed by atoms with Crippen LogP contribution in [0.25, 0.3) is 5.70 Å². The van der Waals surface area contributed by atoms with Crippen LogP contribution < -0.4 is 0 Å². The summed E-state index contributed by atoms with van der Waals surface area (Å²) in [6.45, 7) is 5.87. The molecule has 0 saturated carbocycles. The molecule has 0 radical (unpaired) electrons. The maximum atomic E-state index is 4.36. The predicted molar refractivity (Wildman–Crippen MR) is 54.2 cm³/mol. The van der Waals surface area contributed by atoms with Gasteiger partial charge in [-0.25, -0.2) is 4.99 Å². The number of aliphatic imine (C=N–C) groups is 1. The molecule has 0 amide bonds. The highest BCUT2D eigenvalue weighted by Crippen LogP contribution is 2.28. The summed E-state index contributed by atoms with van der Waals surface area (Å²) in [6.07, 6.45) is 1.63. The van der Waals surface area contributed by atoms with Gasteiger partial charge in [-0.05, 0) is 13.0 Å². The Morgan fingerprint density at radius 3 is 3.08 bits per heavy atom. The largest absolute Gasteiger partial charge is 0.381 e. The molecule has 1 aromatic rings. The van der Waals surface area contributed by atoms with Gasteiger partial charge in [-0.3, -0.25) is 0 Å². The Bertz CT molecular complexity index is 399. The molecular formula is C8H9BN4. The zero-order valence-electron chi connectivity index (χ0n) is 7.65. The first-order valence-corrected chi connectivity index (χ1v) is 4.00. The number of hydrogen-bond acceptors (Lipinski definition) is 4. The van der Waals surface area contributed by atoms with Crippen molar-refractivity contribution in [1.29, 1.82) is 0 Å². The molecule has 2 heterocycles. The van der Waals surface area contributed by atoms with Crippen molar-refractivity contribution < 1.29 is 0 Å². The minimum absolute atomic E-state index is 0.760. The molecule has 0 saturated heterocycles. The van der Waals surface area contributed by atoms with Crippen LogP contribution in [0.2, 0.25) is 0 Å². The zero-order valence-corrected chi connectivity index (χ0v) is 7.65. The van der Waals surface area contributed by atoms with Gasteiger partial charge >= 0.3 is 0 Å². The summed E-state index contributed by atoms with van der Waals surface area (Å²) < 4.78 is 0. The summed E-state index contributed by atoms with van der Waals surface area (Å²) in [5.74, 6) is 0.922. The topological polar surface area (TPSA) is 41.4 Å². The van der Waals surface area contributed by atoms with Crippen LogP contribution in [0.4, 0.5) is 5.69 Å². The van der Waals surface area contributed by atoms with Crippen LogP contribution in [-0.2, 0) is 0 Å². The quantitative estimate of drug-likeness (QED) is 0.530. The first-order chi connectivity index (χ1) is 6.20. The van der Waals surface area contributed by atoms with Gasteiger partial charge in [0.05, 0.1) is 23.4 Å². The van der Waals surface area contributed by atoms with E-state index in [-0.39, 0.29) is 0 Å². The molecule has 0 unspecified atom stereocenters. The van der Waals surface area contributed by atoms with E-state index in [9.17, 15) is 0 Å². The normalized spacial score (nSPS) is 15.3. The van der Waals surface area contributed by atoms with Gasteiger partial charge in [-0.15, -0.1) is 5.10 Å². The summed E-state index contributed by atoms with van der Waals surface area (Å²) >= 11 is 0. The lowest BCUT2D eigenvalue weighted by molar-refractivity contribution is 0.869. The molecule has 0 fully saturated rings. The van der Waals surface area contributed by atoms with Crippen molar-refractivity contribution in [3.05, 3.63) is 24.5 Å². The van der Waals surface area contributed by atoms with Crippen LogP contribution in [0.15, 0.2) is 23.8 Å². The molecule has 64 valence electrons. The van der Waals surface area contributed by atoms with E-state index >= 15 is 0 Å². The Labute approximate surface area is 77.4 Å². The average molecular weight is 172 g/mol. The van der Waals surface area contributed by atoms with Crippen LogP contribution in [-0.4, -0.2) is 28.8 Å². The van der Waals surface area contributed by atoms with Gasteiger partial charge in [0.15, 0.2) is 0 Å². The lowest BCUT2D eigenvalue weighted by atomic mass is 10.1. The van der Waals surface area contributed by atoms with Gasteiger partial charge < -0.3 is 4.81 Å². The van der Waals surface area contributed by atoms with E-state index < -0.39 is 0 Å². The molecule has 0 aromatic carbocycles. The minimum atomic E-state index is 0.760. The Morgan fingerprint density at radius 1 is 1.54 bits per heavy atom. The molecule has 0 aliphatic carbocycles. The molecule has 4 nitrogen and oxygen atoms in total. The van der Waals surface area contributed by atoms with Gasteiger partial charge in [0.1, 0.15) is 5.69 Å². The third-order valence-corrected chi connectivity index (χ3v) is 2.15. The number of rotatable bonds is 0. The van der Waals surface area contributed by atoms with Crippen LogP contribution in [0, 0.1) is 0 Å². The van der Waals surface area contributed by atoms with Gasteiger partial charge in [0, 0.05) is 0 Å². The second-order valence-electron chi connectivity index (χ2n) is 2.93. The van der Waals surface area contributed by atoms with Crippen LogP contribution in [0.5, 0.6) is 0 Å². The highest BCUT2D eigenvalue weighted by molar-refractivity contribution is 6.22. The molecule has 1 aromatic heterocycles. The van der Waals surface area contributed by atoms with Crippen LogP contribution >= 0.6 is 0 Å². The molecule has 5 heteroatoms. The predicted octanol–water partition coefficient (Wildman–Crippen LogP) is 0.361.